The van der Waals surface area contributed by atoms with Crippen molar-refractivity contribution in [3.8, 4) is 0 Å². The van der Waals surface area contributed by atoms with E-state index in [1.54, 1.807) is 0 Å². The monoisotopic (exact) mass is 174 g/mol. The molecule has 0 radical (unpaired) electrons. The second-order valence-corrected chi connectivity index (χ2v) is 3.19. The molecule has 1 fully saturated rings. The number of ether oxygens (including phenoxy) is 1. The zero-order valence-corrected chi connectivity index (χ0v) is 7.49. The molecule has 0 aromatic heterocycles. The van der Waals surface area contributed by atoms with Crippen molar-refractivity contribution in [3.05, 3.63) is 0 Å². The topological polar surface area (TPSA) is 47.3 Å². The van der Waals surface area contributed by atoms with Gasteiger partial charge in [-0.3, -0.25) is 0 Å². The maximum absolute atomic E-state index is 5.37. The molecule has 0 aliphatic heterocycles. The number of nitrogens with two attached hydrogens (primary N) is 1. The Morgan fingerprint density at radius 2 is 2.36 bits per heavy atom. The molecule has 0 saturated heterocycles. The van der Waals surface area contributed by atoms with Gasteiger partial charge in [0.05, 0.1) is 6.10 Å². The molecule has 3 N–H and O–H groups in total. The third-order valence-corrected chi connectivity index (χ3v) is 1.96. The number of nitrogens with one attached hydrogen (secondary N) is 1. The molecule has 64 valence electrons. The molecule has 0 amide bonds. The van der Waals surface area contributed by atoms with Gasteiger partial charge in [0.25, 0.3) is 0 Å². The average Bonchev–Trinajstić information content (AvgIpc) is 1.82. The molecule has 0 spiro atoms. The standard InChI is InChI=1S/C7H14N2OS/c1-2-10-6-3-5(4-6)9-7(8)11/h5-6H,2-4H2,1H3,(H3,8,9,11). The minimum atomic E-state index is 0.393. The highest BCUT2D eigenvalue weighted by molar-refractivity contribution is 7.80. The molecule has 0 bridgehead atoms. The van der Waals surface area contributed by atoms with Crippen LogP contribution in [0.3, 0.4) is 0 Å². The summed E-state index contributed by atoms with van der Waals surface area (Å²) in [6.45, 7) is 2.80. The van der Waals surface area contributed by atoms with Crippen molar-refractivity contribution in [1.82, 2.24) is 5.32 Å². The van der Waals surface area contributed by atoms with Crippen LogP contribution < -0.4 is 11.1 Å². The van der Waals surface area contributed by atoms with Crippen molar-refractivity contribution >= 4 is 17.3 Å². The van der Waals surface area contributed by atoms with Crippen LogP contribution in [0.4, 0.5) is 0 Å². The normalized spacial score (nSPS) is 29.2. The maximum Gasteiger partial charge on any atom is 0.163 e. The van der Waals surface area contributed by atoms with Gasteiger partial charge >= 0.3 is 0 Å². The molecule has 1 aliphatic carbocycles. The summed E-state index contributed by atoms with van der Waals surface area (Å²) in [4.78, 5) is 0. The van der Waals surface area contributed by atoms with Crippen molar-refractivity contribution in [1.29, 1.82) is 0 Å². The lowest BCUT2D eigenvalue weighted by Gasteiger charge is -2.35. The van der Waals surface area contributed by atoms with E-state index in [1.807, 2.05) is 6.92 Å². The zero-order chi connectivity index (χ0) is 8.27. The van der Waals surface area contributed by atoms with Crippen LogP contribution in [0, 0.1) is 0 Å². The van der Waals surface area contributed by atoms with Crippen molar-refractivity contribution in [2.45, 2.75) is 31.9 Å². The predicted molar refractivity (Wildman–Crippen MR) is 48.4 cm³/mol. The van der Waals surface area contributed by atoms with Gasteiger partial charge in [-0.2, -0.15) is 0 Å². The smallest absolute Gasteiger partial charge is 0.163 e. The number of rotatable bonds is 3. The molecule has 1 saturated carbocycles. The summed E-state index contributed by atoms with van der Waals surface area (Å²) in [7, 11) is 0. The first kappa shape index (κ1) is 8.74. The number of hydrogen-bond acceptors (Lipinski definition) is 2. The van der Waals surface area contributed by atoms with Gasteiger partial charge in [0, 0.05) is 12.6 Å². The van der Waals surface area contributed by atoms with E-state index in [1.165, 1.54) is 0 Å². The summed E-state index contributed by atoms with van der Waals surface area (Å²) >= 11 is 4.70. The van der Waals surface area contributed by atoms with E-state index in [0.717, 1.165) is 19.4 Å². The van der Waals surface area contributed by atoms with Crippen LogP contribution in [0.2, 0.25) is 0 Å². The fourth-order valence-electron chi connectivity index (χ4n) is 1.26. The van der Waals surface area contributed by atoms with E-state index in [9.17, 15) is 0 Å². The van der Waals surface area contributed by atoms with Crippen molar-refractivity contribution in [3.63, 3.8) is 0 Å². The molecule has 1 rings (SSSR count). The Kier molecular flexibility index (Phi) is 3.08. The lowest BCUT2D eigenvalue weighted by atomic mass is 9.89. The molecular weight excluding hydrogens is 160 g/mol. The Labute approximate surface area is 72.3 Å². The Hall–Kier alpha value is -0.350. The molecule has 0 heterocycles. The second kappa shape index (κ2) is 3.88. The molecule has 1 aliphatic rings. The van der Waals surface area contributed by atoms with Gasteiger partial charge in [-0.1, -0.05) is 0 Å². The Balaban J connectivity index is 2.04. The van der Waals surface area contributed by atoms with E-state index < -0.39 is 0 Å². The van der Waals surface area contributed by atoms with Crippen LogP contribution >= 0.6 is 12.2 Å². The first-order valence-electron chi connectivity index (χ1n) is 3.90. The lowest BCUT2D eigenvalue weighted by Crippen LogP contribution is -2.49. The van der Waals surface area contributed by atoms with E-state index in [0.29, 0.717) is 17.3 Å². The van der Waals surface area contributed by atoms with Crippen LogP contribution in [-0.4, -0.2) is 23.9 Å². The first-order chi connectivity index (χ1) is 5.22. The SMILES string of the molecule is CCOC1CC(NC(N)=S)C1. The Bertz CT molecular complexity index is 145. The van der Waals surface area contributed by atoms with Crippen LogP contribution in [0.25, 0.3) is 0 Å². The van der Waals surface area contributed by atoms with Gasteiger partial charge in [0.1, 0.15) is 0 Å². The number of thiocarbonyl (C=S) groups is 1. The molecule has 0 unspecified atom stereocenters. The Morgan fingerprint density at radius 1 is 1.73 bits per heavy atom. The summed E-state index contributed by atoms with van der Waals surface area (Å²) in [6, 6.07) is 0.448. The largest absolute Gasteiger partial charge is 0.378 e. The van der Waals surface area contributed by atoms with Crippen molar-refractivity contribution in [2.75, 3.05) is 6.61 Å². The van der Waals surface area contributed by atoms with Gasteiger partial charge in [-0.05, 0) is 32.0 Å². The highest BCUT2D eigenvalue weighted by atomic mass is 32.1. The zero-order valence-electron chi connectivity index (χ0n) is 6.67. The summed E-state index contributed by atoms with van der Waals surface area (Å²) in [5.41, 5.74) is 5.30. The maximum atomic E-state index is 5.37. The highest BCUT2D eigenvalue weighted by Gasteiger charge is 2.29. The molecule has 0 atom stereocenters. The van der Waals surface area contributed by atoms with Crippen LogP contribution in [0.15, 0.2) is 0 Å². The van der Waals surface area contributed by atoms with Crippen molar-refractivity contribution in [2.24, 2.45) is 5.73 Å². The third kappa shape index (κ3) is 2.63. The van der Waals surface area contributed by atoms with Crippen LogP contribution in [0.5, 0.6) is 0 Å². The second-order valence-electron chi connectivity index (χ2n) is 2.75. The minimum absolute atomic E-state index is 0.393. The Morgan fingerprint density at radius 3 is 2.82 bits per heavy atom. The first-order valence-corrected chi connectivity index (χ1v) is 4.30. The molecular formula is C7H14N2OS. The summed E-state index contributed by atoms with van der Waals surface area (Å²) < 4.78 is 5.37. The van der Waals surface area contributed by atoms with E-state index >= 15 is 0 Å². The van der Waals surface area contributed by atoms with Crippen LogP contribution in [0.1, 0.15) is 19.8 Å². The fourth-order valence-corrected chi connectivity index (χ4v) is 1.42. The average molecular weight is 174 g/mol. The van der Waals surface area contributed by atoms with Gasteiger partial charge in [-0.25, -0.2) is 0 Å². The fraction of sp³-hybridized carbons (Fsp3) is 0.857. The van der Waals surface area contributed by atoms with Gasteiger partial charge in [0.2, 0.25) is 0 Å². The quantitative estimate of drug-likeness (QED) is 0.608. The minimum Gasteiger partial charge on any atom is -0.378 e. The van der Waals surface area contributed by atoms with E-state index in [2.05, 4.69) is 5.32 Å². The summed E-state index contributed by atoms with van der Waals surface area (Å²) in [5.74, 6) is 0. The molecule has 0 aromatic carbocycles. The van der Waals surface area contributed by atoms with Gasteiger partial charge in [0.15, 0.2) is 5.11 Å². The van der Waals surface area contributed by atoms with Crippen LogP contribution in [-0.2, 0) is 4.74 Å². The van der Waals surface area contributed by atoms with Gasteiger partial charge in [-0.15, -0.1) is 0 Å². The molecule has 11 heavy (non-hydrogen) atoms. The summed E-state index contributed by atoms with van der Waals surface area (Å²) in [5, 5.41) is 3.39. The summed E-state index contributed by atoms with van der Waals surface area (Å²) in [6.07, 6.45) is 2.49. The molecule has 0 aromatic rings. The predicted octanol–water partition coefficient (Wildman–Crippen LogP) is 0.387. The van der Waals surface area contributed by atoms with E-state index in [4.69, 9.17) is 22.7 Å². The molecule has 3 nitrogen and oxygen atoms in total. The third-order valence-electron chi connectivity index (χ3n) is 1.84. The highest BCUT2D eigenvalue weighted by Crippen LogP contribution is 2.22. The van der Waals surface area contributed by atoms with Gasteiger partial charge < -0.3 is 15.8 Å². The van der Waals surface area contributed by atoms with Crippen molar-refractivity contribution < 1.29 is 4.74 Å². The van der Waals surface area contributed by atoms with E-state index in [-0.39, 0.29) is 0 Å². The number of hydrogen-bond donors (Lipinski definition) is 2. The lowest BCUT2D eigenvalue weighted by molar-refractivity contribution is -0.00551. The molecule has 4 heteroatoms.